The summed E-state index contributed by atoms with van der Waals surface area (Å²) in [6, 6.07) is 7.02. The molecular formula is C26H33N3O5. The van der Waals surface area contributed by atoms with Gasteiger partial charge in [-0.2, -0.15) is 0 Å². The van der Waals surface area contributed by atoms with Crippen LogP contribution in [0.1, 0.15) is 64.2 Å². The number of H-pyrrole nitrogens is 1. The Morgan fingerprint density at radius 1 is 1.18 bits per heavy atom. The lowest BCUT2D eigenvalue weighted by atomic mass is 9.92. The second kappa shape index (κ2) is 9.85. The molecule has 1 aliphatic heterocycles. The Hall–Kier alpha value is -3.39. The van der Waals surface area contributed by atoms with E-state index in [4.69, 9.17) is 4.74 Å². The zero-order chi connectivity index (χ0) is 25.3. The van der Waals surface area contributed by atoms with Crippen molar-refractivity contribution >= 4 is 23.4 Å². The van der Waals surface area contributed by atoms with Crippen molar-refractivity contribution in [2.75, 3.05) is 34.3 Å². The molecule has 1 fully saturated rings. The monoisotopic (exact) mass is 467 g/mol. The number of likely N-dealkylation sites (tertiary alicyclic amines) is 1. The number of carbonyl (C=O) groups excluding carboxylic acids is 3. The molecule has 1 saturated heterocycles. The first kappa shape index (κ1) is 25.2. The van der Waals surface area contributed by atoms with Crippen molar-refractivity contribution in [2.24, 2.45) is 0 Å². The Morgan fingerprint density at radius 3 is 2.32 bits per heavy atom. The Bertz CT molecular complexity index is 1140. The number of methoxy groups -OCH3 is 1. The Balaban J connectivity index is 2.21. The second-order valence-electron chi connectivity index (χ2n) is 9.23. The number of benzene rings is 1. The van der Waals surface area contributed by atoms with Crippen molar-refractivity contribution in [1.82, 2.24) is 14.8 Å². The number of aliphatic hydroxyl groups excluding tert-OH is 1. The molecule has 182 valence electrons. The zero-order valence-corrected chi connectivity index (χ0v) is 20.9. The molecule has 0 bridgehead atoms. The standard InChI is InChI=1S/C26H33N3O5/c1-14(2)17-8-10-18(11-9-17)22-20(24(31)25(32)29(22)13-12-28(5)6)23(30)19-15(3)21(26(33)34-7)27-16(19)4/h8-11,14,22,27,30H,12-13H2,1-7H3/t22-/m1/s1. The number of amides is 1. The van der Waals surface area contributed by atoms with Crippen molar-refractivity contribution in [3.63, 3.8) is 0 Å². The Morgan fingerprint density at radius 2 is 1.79 bits per heavy atom. The number of nitrogens with zero attached hydrogens (tertiary/aromatic N) is 2. The first-order valence-corrected chi connectivity index (χ1v) is 11.3. The summed E-state index contributed by atoms with van der Waals surface area (Å²) in [5, 5.41) is 11.4. The van der Waals surface area contributed by atoms with Gasteiger partial charge in [0.1, 0.15) is 11.5 Å². The summed E-state index contributed by atoms with van der Waals surface area (Å²) < 4.78 is 4.82. The molecule has 2 heterocycles. The van der Waals surface area contributed by atoms with Gasteiger partial charge in [0.25, 0.3) is 11.7 Å². The first-order chi connectivity index (χ1) is 16.0. The SMILES string of the molecule is COC(=O)c1[nH]c(C)c(C(O)=C2C(=O)C(=O)N(CCN(C)C)[C@@H]2c2ccc(C(C)C)cc2)c1C. The lowest BCUT2D eigenvalue weighted by Gasteiger charge is -2.27. The van der Waals surface area contributed by atoms with E-state index in [1.807, 2.05) is 43.3 Å². The van der Waals surface area contributed by atoms with Crippen LogP contribution >= 0.6 is 0 Å². The number of Topliss-reactive ketones (excluding diaryl/α,β-unsaturated/α-hetero) is 1. The van der Waals surface area contributed by atoms with E-state index >= 15 is 0 Å². The molecule has 0 spiro atoms. The number of carbonyl (C=O) groups is 3. The second-order valence-corrected chi connectivity index (χ2v) is 9.23. The highest BCUT2D eigenvalue weighted by Crippen LogP contribution is 2.41. The fourth-order valence-corrected chi connectivity index (χ4v) is 4.37. The van der Waals surface area contributed by atoms with Crippen LogP contribution in [0.4, 0.5) is 0 Å². The van der Waals surface area contributed by atoms with E-state index in [-0.39, 0.29) is 17.0 Å². The van der Waals surface area contributed by atoms with E-state index in [1.54, 1.807) is 13.8 Å². The highest BCUT2D eigenvalue weighted by molar-refractivity contribution is 6.46. The summed E-state index contributed by atoms with van der Waals surface area (Å²) in [6.07, 6.45) is 0. The predicted octanol–water partition coefficient (Wildman–Crippen LogP) is 3.52. The van der Waals surface area contributed by atoms with E-state index in [0.717, 1.165) is 11.1 Å². The molecule has 34 heavy (non-hydrogen) atoms. The maximum absolute atomic E-state index is 13.2. The molecule has 1 aliphatic rings. The fourth-order valence-electron chi connectivity index (χ4n) is 4.37. The summed E-state index contributed by atoms with van der Waals surface area (Å²) in [4.78, 5) is 44.8. The molecule has 0 saturated carbocycles. The molecule has 2 aromatic rings. The summed E-state index contributed by atoms with van der Waals surface area (Å²) in [5.74, 6) is -1.94. The zero-order valence-electron chi connectivity index (χ0n) is 20.9. The smallest absolute Gasteiger partial charge is 0.354 e. The van der Waals surface area contributed by atoms with Crippen LogP contribution in [0.5, 0.6) is 0 Å². The molecule has 1 amide bonds. The largest absolute Gasteiger partial charge is 0.507 e. The molecule has 2 N–H and O–H groups in total. The van der Waals surface area contributed by atoms with E-state index in [1.165, 1.54) is 12.0 Å². The minimum Gasteiger partial charge on any atom is -0.507 e. The van der Waals surface area contributed by atoms with Gasteiger partial charge in [0.05, 0.1) is 18.7 Å². The number of aromatic amines is 1. The van der Waals surface area contributed by atoms with Crippen LogP contribution < -0.4 is 0 Å². The Kier molecular flexibility index (Phi) is 7.31. The number of likely N-dealkylation sites (N-methyl/N-ethyl adjacent to an activating group) is 1. The van der Waals surface area contributed by atoms with Gasteiger partial charge in [-0.25, -0.2) is 4.79 Å². The third kappa shape index (κ3) is 4.50. The van der Waals surface area contributed by atoms with Gasteiger partial charge in [-0.1, -0.05) is 38.1 Å². The number of aryl methyl sites for hydroxylation is 1. The number of esters is 1. The van der Waals surface area contributed by atoms with E-state index < -0.39 is 23.7 Å². The highest BCUT2D eigenvalue weighted by atomic mass is 16.5. The minimum atomic E-state index is -0.742. The number of hydrogen-bond donors (Lipinski definition) is 2. The predicted molar refractivity (Wildman–Crippen MR) is 130 cm³/mol. The number of ketones is 1. The summed E-state index contributed by atoms with van der Waals surface area (Å²) in [7, 11) is 5.06. The van der Waals surface area contributed by atoms with Crippen LogP contribution in [-0.4, -0.2) is 71.8 Å². The molecular weight excluding hydrogens is 434 g/mol. The van der Waals surface area contributed by atoms with Crippen LogP contribution in [0.3, 0.4) is 0 Å². The number of aromatic nitrogens is 1. The topological polar surface area (TPSA) is 103 Å². The maximum atomic E-state index is 13.2. The van der Waals surface area contributed by atoms with Gasteiger partial charge in [-0.3, -0.25) is 9.59 Å². The number of ether oxygens (including phenoxy) is 1. The highest BCUT2D eigenvalue weighted by Gasteiger charge is 2.46. The minimum absolute atomic E-state index is 0.0164. The van der Waals surface area contributed by atoms with Crippen LogP contribution in [0.15, 0.2) is 29.8 Å². The van der Waals surface area contributed by atoms with Crippen LogP contribution in [0, 0.1) is 13.8 Å². The number of nitrogens with one attached hydrogen (secondary N) is 1. The Labute approximate surface area is 200 Å². The van der Waals surface area contributed by atoms with Gasteiger partial charge in [-0.15, -0.1) is 0 Å². The van der Waals surface area contributed by atoms with E-state index in [0.29, 0.717) is 35.8 Å². The maximum Gasteiger partial charge on any atom is 0.354 e. The van der Waals surface area contributed by atoms with Crippen molar-refractivity contribution in [2.45, 2.75) is 39.7 Å². The normalized spacial score (nSPS) is 17.8. The summed E-state index contributed by atoms with van der Waals surface area (Å²) in [6.45, 7) is 8.43. The van der Waals surface area contributed by atoms with Crippen LogP contribution in [-0.2, 0) is 14.3 Å². The molecule has 1 aromatic carbocycles. The molecule has 0 aliphatic carbocycles. The summed E-state index contributed by atoms with van der Waals surface area (Å²) in [5.41, 5.74) is 3.37. The van der Waals surface area contributed by atoms with Gasteiger partial charge in [0.2, 0.25) is 0 Å². The van der Waals surface area contributed by atoms with Gasteiger partial charge in [0, 0.05) is 24.3 Å². The molecule has 0 radical (unpaired) electrons. The number of aliphatic hydroxyl groups is 1. The van der Waals surface area contributed by atoms with Gasteiger partial charge < -0.3 is 24.6 Å². The third-order valence-corrected chi connectivity index (χ3v) is 6.31. The third-order valence-electron chi connectivity index (χ3n) is 6.31. The average molecular weight is 468 g/mol. The quantitative estimate of drug-likeness (QED) is 0.280. The molecule has 1 atom stereocenters. The van der Waals surface area contributed by atoms with Crippen molar-refractivity contribution in [3.05, 3.63) is 63.5 Å². The first-order valence-electron chi connectivity index (χ1n) is 11.3. The number of rotatable bonds is 7. The average Bonchev–Trinajstić information content (AvgIpc) is 3.23. The van der Waals surface area contributed by atoms with Gasteiger partial charge in [-0.05, 0) is 50.6 Å². The lowest BCUT2D eigenvalue weighted by Crippen LogP contribution is -2.35. The molecule has 0 unspecified atom stereocenters. The fraction of sp³-hybridized carbons (Fsp3) is 0.423. The van der Waals surface area contributed by atoms with Crippen LogP contribution in [0.2, 0.25) is 0 Å². The lowest BCUT2D eigenvalue weighted by molar-refractivity contribution is -0.140. The van der Waals surface area contributed by atoms with Gasteiger partial charge in [0.15, 0.2) is 0 Å². The molecule has 1 aromatic heterocycles. The molecule has 8 heteroatoms. The summed E-state index contributed by atoms with van der Waals surface area (Å²) >= 11 is 0. The molecule has 8 nitrogen and oxygen atoms in total. The van der Waals surface area contributed by atoms with Crippen molar-refractivity contribution in [1.29, 1.82) is 0 Å². The van der Waals surface area contributed by atoms with E-state index in [2.05, 4.69) is 18.8 Å². The van der Waals surface area contributed by atoms with Crippen molar-refractivity contribution < 1.29 is 24.2 Å². The number of hydrogen-bond acceptors (Lipinski definition) is 6. The van der Waals surface area contributed by atoms with Crippen LogP contribution in [0.25, 0.3) is 5.76 Å². The van der Waals surface area contributed by atoms with Gasteiger partial charge >= 0.3 is 5.97 Å². The van der Waals surface area contributed by atoms with Crippen molar-refractivity contribution in [3.8, 4) is 0 Å². The van der Waals surface area contributed by atoms with E-state index in [9.17, 15) is 19.5 Å². The molecule has 3 rings (SSSR count).